The van der Waals surface area contributed by atoms with E-state index in [1.807, 2.05) is 25.7 Å². The number of rotatable bonds is 2. The Morgan fingerprint density at radius 2 is 1.65 bits per heavy atom. The Morgan fingerprint density at radius 3 is 2.29 bits per heavy atom. The van der Waals surface area contributed by atoms with Crippen LogP contribution in [0.5, 0.6) is 0 Å². The summed E-state index contributed by atoms with van der Waals surface area (Å²) < 4.78 is 5.57. The van der Waals surface area contributed by atoms with E-state index < -0.39 is 5.60 Å². The number of benzene rings is 1. The van der Waals surface area contributed by atoms with Crippen LogP contribution in [0.15, 0.2) is 35.3 Å². The number of amides is 1. The molecule has 0 bridgehead atoms. The van der Waals surface area contributed by atoms with Crippen molar-refractivity contribution in [2.75, 3.05) is 26.2 Å². The second-order valence-electron chi connectivity index (χ2n) is 13.0. The van der Waals surface area contributed by atoms with Crippen LogP contribution in [-0.2, 0) is 15.6 Å². The monoisotopic (exact) mass is 463 g/mol. The van der Waals surface area contributed by atoms with E-state index in [1.165, 1.54) is 29.5 Å². The Balaban J connectivity index is 1.35. The fraction of sp³-hybridized carbons (Fsp3) is 0.655. The minimum atomic E-state index is -0.458. The van der Waals surface area contributed by atoms with Gasteiger partial charge in [0, 0.05) is 37.7 Å². The molecule has 1 saturated heterocycles. The summed E-state index contributed by atoms with van der Waals surface area (Å²) in [6.45, 7) is 18.3. The molecule has 184 valence electrons. The maximum absolute atomic E-state index is 12.5. The Bertz CT molecular complexity index is 1050. The first-order valence-corrected chi connectivity index (χ1v) is 13.0. The zero-order valence-electron chi connectivity index (χ0n) is 22.1. The summed E-state index contributed by atoms with van der Waals surface area (Å²) in [7, 11) is 0. The number of fused-ring (bicyclic) bond motifs is 2. The van der Waals surface area contributed by atoms with Gasteiger partial charge in [-0.3, -0.25) is 9.89 Å². The van der Waals surface area contributed by atoms with Crippen molar-refractivity contribution in [3.05, 3.63) is 47.0 Å². The summed E-state index contributed by atoms with van der Waals surface area (Å²) in [6.07, 6.45) is 7.90. The van der Waals surface area contributed by atoms with Crippen LogP contribution in [-0.4, -0.2) is 59.0 Å². The van der Waals surface area contributed by atoms with Crippen molar-refractivity contribution in [2.24, 2.45) is 10.9 Å². The second kappa shape index (κ2) is 7.68. The van der Waals surface area contributed by atoms with Crippen LogP contribution in [0.3, 0.4) is 0 Å². The van der Waals surface area contributed by atoms with E-state index in [0.717, 1.165) is 25.2 Å². The Labute approximate surface area is 205 Å². The van der Waals surface area contributed by atoms with Crippen molar-refractivity contribution < 1.29 is 9.53 Å². The van der Waals surface area contributed by atoms with Crippen LogP contribution in [0, 0.1) is 5.92 Å². The van der Waals surface area contributed by atoms with Crippen molar-refractivity contribution in [1.82, 2.24) is 9.80 Å². The summed E-state index contributed by atoms with van der Waals surface area (Å²) in [6, 6.07) is 7.05. The molecule has 5 heteroatoms. The number of carbonyl (C=O) groups is 1. The third kappa shape index (κ3) is 4.10. The molecule has 34 heavy (non-hydrogen) atoms. The standard InChI is InChI=1S/C29H41N3O2/c1-26(2,3)34-25(33)31-14-16-32(17-15-31)29-19-21(29)9-11-24(30-29)20-8-10-22-23(18-20)28(6,7)13-12-27(22,4)5/h8-11,18,21H,12-17,19H2,1-7H3. The lowest BCUT2D eigenvalue weighted by Crippen LogP contribution is -2.54. The van der Waals surface area contributed by atoms with Crippen LogP contribution >= 0.6 is 0 Å². The topological polar surface area (TPSA) is 45.1 Å². The lowest BCUT2D eigenvalue weighted by molar-refractivity contribution is 0.00826. The van der Waals surface area contributed by atoms with Gasteiger partial charge in [0.2, 0.25) is 0 Å². The molecule has 2 atom stereocenters. The molecule has 1 aromatic carbocycles. The molecule has 2 aliphatic carbocycles. The van der Waals surface area contributed by atoms with E-state index in [4.69, 9.17) is 9.73 Å². The first kappa shape index (κ1) is 23.6. The molecule has 2 heterocycles. The predicted molar refractivity (Wildman–Crippen MR) is 138 cm³/mol. The molecular weight excluding hydrogens is 422 g/mol. The molecule has 4 aliphatic rings. The lowest BCUT2D eigenvalue weighted by Gasteiger charge is -2.42. The van der Waals surface area contributed by atoms with Gasteiger partial charge in [-0.1, -0.05) is 45.9 Å². The zero-order valence-corrected chi connectivity index (χ0v) is 22.1. The summed E-state index contributed by atoms with van der Waals surface area (Å²) in [5.74, 6) is 0.484. The minimum Gasteiger partial charge on any atom is -0.444 e. The summed E-state index contributed by atoms with van der Waals surface area (Å²) >= 11 is 0. The van der Waals surface area contributed by atoms with Gasteiger partial charge in [-0.05, 0) is 74.1 Å². The molecule has 1 saturated carbocycles. The van der Waals surface area contributed by atoms with Crippen molar-refractivity contribution in [3.63, 3.8) is 0 Å². The summed E-state index contributed by atoms with van der Waals surface area (Å²) in [5.41, 5.74) is 5.14. The minimum absolute atomic E-state index is 0.130. The van der Waals surface area contributed by atoms with Crippen LogP contribution in [0.1, 0.15) is 84.4 Å². The van der Waals surface area contributed by atoms with Gasteiger partial charge in [0.25, 0.3) is 0 Å². The molecule has 0 radical (unpaired) electrons. The first-order valence-electron chi connectivity index (χ1n) is 13.0. The average molecular weight is 464 g/mol. The highest BCUT2D eigenvalue weighted by Crippen LogP contribution is 2.53. The van der Waals surface area contributed by atoms with E-state index in [-0.39, 0.29) is 22.6 Å². The summed E-state index contributed by atoms with van der Waals surface area (Å²) in [4.78, 5) is 22.2. The summed E-state index contributed by atoms with van der Waals surface area (Å²) in [5, 5.41) is 0. The highest BCUT2D eigenvalue weighted by Gasteiger charge is 2.59. The second-order valence-corrected chi connectivity index (χ2v) is 13.0. The van der Waals surface area contributed by atoms with E-state index in [1.54, 1.807) is 0 Å². The maximum atomic E-state index is 12.5. The molecule has 0 N–H and O–H groups in total. The van der Waals surface area contributed by atoms with Gasteiger partial charge in [0.05, 0.1) is 5.71 Å². The van der Waals surface area contributed by atoms with Gasteiger partial charge in [0.15, 0.2) is 0 Å². The quantitative estimate of drug-likeness (QED) is 0.568. The molecular formula is C29H41N3O2. The molecule has 0 spiro atoms. The highest BCUT2D eigenvalue weighted by atomic mass is 16.6. The van der Waals surface area contributed by atoms with E-state index >= 15 is 0 Å². The van der Waals surface area contributed by atoms with Crippen LogP contribution in [0.2, 0.25) is 0 Å². The van der Waals surface area contributed by atoms with Crippen LogP contribution in [0.4, 0.5) is 4.79 Å². The van der Waals surface area contributed by atoms with Crippen molar-refractivity contribution >= 4 is 11.8 Å². The normalized spacial score (nSPS) is 29.7. The molecule has 5 rings (SSSR count). The number of ether oxygens (including phenoxy) is 1. The van der Waals surface area contributed by atoms with E-state index in [9.17, 15) is 4.79 Å². The van der Waals surface area contributed by atoms with Gasteiger partial charge in [-0.2, -0.15) is 0 Å². The number of aliphatic imine (C=N–C) groups is 1. The number of carbonyl (C=O) groups excluding carboxylic acids is 1. The number of piperazine rings is 1. The van der Waals surface area contributed by atoms with Gasteiger partial charge >= 0.3 is 6.09 Å². The Hall–Kier alpha value is -2.14. The molecule has 0 aromatic heterocycles. The largest absolute Gasteiger partial charge is 0.444 e. The van der Waals surface area contributed by atoms with Gasteiger partial charge in [-0.15, -0.1) is 0 Å². The number of dihydropyridines is 1. The van der Waals surface area contributed by atoms with E-state index in [0.29, 0.717) is 19.0 Å². The number of hydrogen-bond donors (Lipinski definition) is 0. The van der Waals surface area contributed by atoms with Crippen LogP contribution < -0.4 is 0 Å². The molecule has 2 unspecified atom stereocenters. The maximum Gasteiger partial charge on any atom is 0.410 e. The molecule has 2 fully saturated rings. The fourth-order valence-corrected chi connectivity index (χ4v) is 6.01. The molecule has 1 aromatic rings. The Morgan fingerprint density at radius 1 is 1.00 bits per heavy atom. The number of hydrogen-bond acceptors (Lipinski definition) is 4. The van der Waals surface area contributed by atoms with Crippen molar-refractivity contribution in [3.8, 4) is 0 Å². The predicted octanol–water partition coefficient (Wildman–Crippen LogP) is 5.66. The third-order valence-electron chi connectivity index (χ3n) is 8.38. The highest BCUT2D eigenvalue weighted by molar-refractivity contribution is 6.10. The van der Waals surface area contributed by atoms with Gasteiger partial charge in [0.1, 0.15) is 11.3 Å². The van der Waals surface area contributed by atoms with E-state index in [2.05, 4.69) is 62.9 Å². The van der Waals surface area contributed by atoms with Gasteiger partial charge < -0.3 is 9.64 Å². The third-order valence-corrected chi connectivity index (χ3v) is 8.38. The number of nitrogens with zero attached hydrogens (tertiary/aromatic N) is 3. The van der Waals surface area contributed by atoms with Gasteiger partial charge in [-0.25, -0.2) is 4.79 Å². The number of allylic oxidation sites excluding steroid dienone is 1. The van der Waals surface area contributed by atoms with Crippen molar-refractivity contribution in [2.45, 2.75) is 89.8 Å². The lowest BCUT2D eigenvalue weighted by atomic mass is 9.63. The smallest absolute Gasteiger partial charge is 0.410 e. The SMILES string of the molecule is CC(C)(C)OC(=O)N1CCN(C23CC2C=CC(c2ccc4c(c2)C(C)(C)CCC4(C)C)=N3)CC1. The molecule has 1 amide bonds. The first-order chi connectivity index (χ1) is 15.8. The zero-order chi connectivity index (χ0) is 24.5. The Kier molecular flexibility index (Phi) is 5.33. The molecule has 2 aliphatic heterocycles. The molecule has 5 nitrogen and oxygen atoms in total. The van der Waals surface area contributed by atoms with Crippen molar-refractivity contribution in [1.29, 1.82) is 0 Å². The van der Waals surface area contributed by atoms with Crippen LogP contribution in [0.25, 0.3) is 0 Å². The fourth-order valence-electron chi connectivity index (χ4n) is 6.01. The average Bonchev–Trinajstić information content (AvgIpc) is 3.51.